The molecule has 0 spiro atoms. The molecule has 0 aliphatic heterocycles. The molecule has 1 aromatic heterocycles. The number of hydrogen-bond acceptors (Lipinski definition) is 4. The molecule has 1 aromatic rings. The van der Waals surface area contributed by atoms with Crippen LogP contribution >= 0.6 is 11.8 Å². The Morgan fingerprint density at radius 1 is 1.39 bits per heavy atom. The first kappa shape index (κ1) is 15.5. The van der Waals surface area contributed by atoms with Gasteiger partial charge in [0.2, 0.25) is 0 Å². The topological polar surface area (TPSA) is 39.1 Å². The lowest BCUT2D eigenvalue weighted by atomic mass is 10.3. The summed E-state index contributed by atoms with van der Waals surface area (Å²) in [6.45, 7) is 7.91. The standard InChI is InChI=1S/C13H25N3OS/c1-4-17-9-6-5-7-14-8-10-18-13-11-12(2)15-16(13)3/h11,14H,4-10H2,1-3H3. The van der Waals surface area contributed by atoms with Gasteiger partial charge in [-0.1, -0.05) is 0 Å². The molecule has 0 fully saturated rings. The zero-order valence-electron chi connectivity index (χ0n) is 11.7. The molecule has 1 heterocycles. The largest absolute Gasteiger partial charge is 0.382 e. The molecule has 0 aliphatic carbocycles. The van der Waals surface area contributed by atoms with Crippen LogP contribution in [-0.2, 0) is 11.8 Å². The van der Waals surface area contributed by atoms with E-state index >= 15 is 0 Å². The van der Waals surface area contributed by atoms with E-state index in [1.807, 2.05) is 37.3 Å². The first-order chi connectivity index (χ1) is 8.74. The Labute approximate surface area is 114 Å². The van der Waals surface area contributed by atoms with Crippen molar-refractivity contribution in [1.82, 2.24) is 15.1 Å². The molecule has 0 saturated carbocycles. The third-order valence-corrected chi connectivity index (χ3v) is 3.67. The highest BCUT2D eigenvalue weighted by Gasteiger charge is 2.01. The van der Waals surface area contributed by atoms with Crippen molar-refractivity contribution in [1.29, 1.82) is 0 Å². The predicted octanol–water partition coefficient (Wildman–Crippen LogP) is 2.23. The summed E-state index contributed by atoms with van der Waals surface area (Å²) < 4.78 is 7.24. The molecule has 0 atom stereocenters. The maximum Gasteiger partial charge on any atom is 0.0939 e. The molecule has 104 valence electrons. The molecule has 0 amide bonds. The number of nitrogens with one attached hydrogen (secondary N) is 1. The van der Waals surface area contributed by atoms with Gasteiger partial charge in [0.1, 0.15) is 0 Å². The SMILES string of the molecule is CCOCCCCNCCSc1cc(C)nn1C. The number of ether oxygens (including phenoxy) is 1. The summed E-state index contributed by atoms with van der Waals surface area (Å²) in [5.74, 6) is 1.09. The van der Waals surface area contributed by atoms with Gasteiger partial charge in [0.25, 0.3) is 0 Å². The molecule has 0 aliphatic rings. The van der Waals surface area contributed by atoms with Gasteiger partial charge in [0.15, 0.2) is 0 Å². The molecule has 18 heavy (non-hydrogen) atoms. The van der Waals surface area contributed by atoms with Gasteiger partial charge in [-0.05, 0) is 39.3 Å². The Kier molecular flexibility index (Phi) is 8.13. The molecular formula is C13H25N3OS. The zero-order valence-corrected chi connectivity index (χ0v) is 12.6. The summed E-state index contributed by atoms with van der Waals surface area (Å²) in [6, 6.07) is 2.13. The summed E-state index contributed by atoms with van der Waals surface area (Å²) in [4.78, 5) is 0. The quantitative estimate of drug-likeness (QED) is 0.523. The summed E-state index contributed by atoms with van der Waals surface area (Å²) in [6.07, 6.45) is 2.34. The molecule has 0 radical (unpaired) electrons. The van der Waals surface area contributed by atoms with Gasteiger partial charge in [-0.2, -0.15) is 5.10 Å². The fourth-order valence-electron chi connectivity index (χ4n) is 1.67. The lowest BCUT2D eigenvalue weighted by Crippen LogP contribution is -2.18. The second-order valence-electron chi connectivity index (χ2n) is 4.25. The molecule has 4 nitrogen and oxygen atoms in total. The van der Waals surface area contributed by atoms with E-state index in [0.29, 0.717) is 0 Å². The minimum Gasteiger partial charge on any atom is -0.382 e. The normalized spacial score (nSPS) is 11.1. The highest BCUT2D eigenvalue weighted by molar-refractivity contribution is 7.99. The number of hydrogen-bond donors (Lipinski definition) is 1. The predicted molar refractivity (Wildman–Crippen MR) is 77.3 cm³/mol. The molecule has 0 bridgehead atoms. The van der Waals surface area contributed by atoms with Crippen molar-refractivity contribution >= 4 is 11.8 Å². The van der Waals surface area contributed by atoms with Crippen LogP contribution in [0.25, 0.3) is 0 Å². The molecule has 0 aromatic carbocycles. The first-order valence-corrected chi connectivity index (χ1v) is 7.64. The van der Waals surface area contributed by atoms with Crippen LogP contribution in [0.1, 0.15) is 25.5 Å². The van der Waals surface area contributed by atoms with E-state index in [9.17, 15) is 0 Å². The molecule has 0 saturated heterocycles. The van der Waals surface area contributed by atoms with Gasteiger partial charge >= 0.3 is 0 Å². The third-order valence-electron chi connectivity index (χ3n) is 2.58. The van der Waals surface area contributed by atoms with Crippen LogP contribution in [0.3, 0.4) is 0 Å². The number of rotatable bonds is 10. The molecule has 1 N–H and O–H groups in total. The van der Waals surface area contributed by atoms with Crippen LogP contribution in [0, 0.1) is 6.92 Å². The van der Waals surface area contributed by atoms with Crippen LogP contribution in [0.4, 0.5) is 0 Å². The average molecular weight is 271 g/mol. The zero-order chi connectivity index (χ0) is 13.2. The molecule has 5 heteroatoms. The van der Waals surface area contributed by atoms with E-state index in [1.165, 1.54) is 11.4 Å². The van der Waals surface area contributed by atoms with Crippen LogP contribution in [-0.4, -0.2) is 41.8 Å². The van der Waals surface area contributed by atoms with Crippen molar-refractivity contribution in [3.63, 3.8) is 0 Å². The van der Waals surface area contributed by atoms with Crippen LogP contribution < -0.4 is 5.32 Å². The minimum atomic E-state index is 0.828. The van der Waals surface area contributed by atoms with Gasteiger partial charge in [-0.25, -0.2) is 0 Å². The molecule has 0 unspecified atom stereocenters. The Bertz CT molecular complexity index is 328. The van der Waals surface area contributed by atoms with Crippen molar-refractivity contribution in [2.75, 3.05) is 32.1 Å². The maximum atomic E-state index is 5.29. The lowest BCUT2D eigenvalue weighted by molar-refractivity contribution is 0.143. The second-order valence-corrected chi connectivity index (χ2v) is 5.37. The third kappa shape index (κ3) is 6.42. The van der Waals surface area contributed by atoms with Crippen molar-refractivity contribution in [2.45, 2.75) is 31.7 Å². The number of aromatic nitrogens is 2. The average Bonchev–Trinajstić information content (AvgIpc) is 2.66. The van der Waals surface area contributed by atoms with Gasteiger partial charge in [-0.15, -0.1) is 11.8 Å². The van der Waals surface area contributed by atoms with E-state index in [4.69, 9.17) is 4.74 Å². The summed E-state index contributed by atoms with van der Waals surface area (Å²) in [5.41, 5.74) is 1.09. The number of aryl methyl sites for hydroxylation is 2. The van der Waals surface area contributed by atoms with Crippen LogP contribution in [0.15, 0.2) is 11.1 Å². The van der Waals surface area contributed by atoms with Crippen molar-refractivity contribution in [3.05, 3.63) is 11.8 Å². The highest BCUT2D eigenvalue weighted by Crippen LogP contribution is 2.17. The summed E-state index contributed by atoms with van der Waals surface area (Å²) in [7, 11) is 2.00. The van der Waals surface area contributed by atoms with Gasteiger partial charge in [0, 0.05) is 32.6 Å². The number of nitrogens with zero attached hydrogens (tertiary/aromatic N) is 2. The fraction of sp³-hybridized carbons (Fsp3) is 0.769. The van der Waals surface area contributed by atoms with Gasteiger partial charge in [0.05, 0.1) is 10.7 Å². The van der Waals surface area contributed by atoms with E-state index in [1.54, 1.807) is 0 Å². The maximum absolute atomic E-state index is 5.29. The van der Waals surface area contributed by atoms with Gasteiger partial charge < -0.3 is 10.1 Å². The van der Waals surface area contributed by atoms with E-state index in [0.717, 1.165) is 44.2 Å². The summed E-state index contributed by atoms with van der Waals surface area (Å²) >= 11 is 1.85. The van der Waals surface area contributed by atoms with Gasteiger partial charge in [-0.3, -0.25) is 4.68 Å². The van der Waals surface area contributed by atoms with E-state index in [-0.39, 0.29) is 0 Å². The van der Waals surface area contributed by atoms with Crippen LogP contribution in [0.5, 0.6) is 0 Å². The van der Waals surface area contributed by atoms with E-state index in [2.05, 4.69) is 16.5 Å². The smallest absolute Gasteiger partial charge is 0.0939 e. The van der Waals surface area contributed by atoms with Crippen molar-refractivity contribution in [3.8, 4) is 0 Å². The lowest BCUT2D eigenvalue weighted by Gasteiger charge is -2.05. The van der Waals surface area contributed by atoms with Crippen LogP contribution in [0.2, 0.25) is 0 Å². The number of thioether (sulfide) groups is 1. The monoisotopic (exact) mass is 271 g/mol. The molecular weight excluding hydrogens is 246 g/mol. The Morgan fingerprint density at radius 2 is 2.22 bits per heavy atom. The first-order valence-electron chi connectivity index (χ1n) is 6.66. The Balaban J connectivity index is 1.94. The molecule has 1 rings (SSSR count). The number of unbranched alkanes of at least 4 members (excludes halogenated alkanes) is 1. The fourth-order valence-corrected chi connectivity index (χ4v) is 2.61. The summed E-state index contributed by atoms with van der Waals surface area (Å²) in [5, 5.41) is 9.02. The Hall–Kier alpha value is -0.520. The van der Waals surface area contributed by atoms with Crippen molar-refractivity contribution in [2.24, 2.45) is 7.05 Å². The minimum absolute atomic E-state index is 0.828. The second kappa shape index (κ2) is 9.42. The Morgan fingerprint density at radius 3 is 2.89 bits per heavy atom. The highest BCUT2D eigenvalue weighted by atomic mass is 32.2. The van der Waals surface area contributed by atoms with Crippen molar-refractivity contribution < 1.29 is 4.74 Å². The van der Waals surface area contributed by atoms with E-state index < -0.39 is 0 Å².